The molecule has 0 aromatic carbocycles. The molecule has 1 aliphatic carbocycles. The average molecular weight is 196 g/mol. The predicted molar refractivity (Wildman–Crippen MR) is 54.5 cm³/mol. The second-order valence-corrected chi connectivity index (χ2v) is 4.39. The summed E-state index contributed by atoms with van der Waals surface area (Å²) < 4.78 is 0. The van der Waals surface area contributed by atoms with Crippen LogP contribution < -0.4 is 0 Å². The molecule has 0 bridgehead atoms. The van der Waals surface area contributed by atoms with Crippen molar-refractivity contribution in [1.29, 1.82) is 0 Å². The molecule has 68 valence electrons. The number of hydrogen-bond acceptors (Lipinski definition) is 1. The van der Waals surface area contributed by atoms with Gasteiger partial charge >= 0.3 is 51.4 Å². The van der Waals surface area contributed by atoms with Crippen LogP contribution in [0.3, 0.4) is 0 Å². The number of rotatable bonds is 1. The van der Waals surface area contributed by atoms with Gasteiger partial charge in [-0.15, -0.1) is 0 Å². The third-order valence-electron chi connectivity index (χ3n) is 2.99. The van der Waals surface area contributed by atoms with E-state index in [9.17, 15) is 5.11 Å². The molecule has 0 heterocycles. The molecule has 0 unspecified atom stereocenters. The summed E-state index contributed by atoms with van der Waals surface area (Å²) in [5, 5.41) is 9.71. The van der Waals surface area contributed by atoms with Crippen LogP contribution in [0.5, 0.6) is 0 Å². The van der Waals surface area contributed by atoms with Gasteiger partial charge in [0.05, 0.1) is 6.10 Å². The second kappa shape index (κ2) is 6.15. The van der Waals surface area contributed by atoms with Gasteiger partial charge in [0.2, 0.25) is 0 Å². The van der Waals surface area contributed by atoms with E-state index in [4.69, 9.17) is 0 Å². The SMILES string of the molecule is CC(C)[C@@H]1CC[C@@H](C)C[C@H]1O.[KH]. The summed E-state index contributed by atoms with van der Waals surface area (Å²) in [6, 6.07) is 0. The third kappa shape index (κ3) is 3.77. The Labute approximate surface area is 119 Å². The molecule has 1 saturated carbocycles. The minimum absolute atomic E-state index is 0. The molecule has 0 aliphatic heterocycles. The zero-order valence-corrected chi connectivity index (χ0v) is 7.88. The molecule has 0 aromatic rings. The Morgan fingerprint density at radius 1 is 1.25 bits per heavy atom. The van der Waals surface area contributed by atoms with Crippen LogP contribution in [-0.4, -0.2) is 62.6 Å². The summed E-state index contributed by atoms with van der Waals surface area (Å²) in [6.45, 7) is 6.66. The molecule has 0 radical (unpaired) electrons. The Kier molecular flexibility index (Phi) is 6.97. The topological polar surface area (TPSA) is 20.2 Å². The number of aliphatic hydroxyl groups is 1. The molecule has 1 fully saturated rings. The molecule has 12 heavy (non-hydrogen) atoms. The maximum atomic E-state index is 9.71. The van der Waals surface area contributed by atoms with Crippen molar-refractivity contribution in [3.8, 4) is 0 Å². The van der Waals surface area contributed by atoms with Gasteiger partial charge in [0.15, 0.2) is 0 Å². The Bertz CT molecular complexity index is 125. The van der Waals surface area contributed by atoms with E-state index < -0.39 is 0 Å². The van der Waals surface area contributed by atoms with E-state index in [1.54, 1.807) is 0 Å². The normalized spacial score (nSPS) is 36.2. The van der Waals surface area contributed by atoms with Crippen LogP contribution in [-0.2, 0) is 0 Å². The van der Waals surface area contributed by atoms with Gasteiger partial charge in [-0.05, 0) is 30.6 Å². The van der Waals surface area contributed by atoms with Crippen LogP contribution in [0.4, 0.5) is 0 Å². The van der Waals surface area contributed by atoms with Gasteiger partial charge in [0.1, 0.15) is 0 Å². The summed E-state index contributed by atoms with van der Waals surface area (Å²) in [4.78, 5) is 0. The van der Waals surface area contributed by atoms with Crippen molar-refractivity contribution in [3.05, 3.63) is 0 Å². The number of aliphatic hydroxyl groups excluding tert-OH is 1. The van der Waals surface area contributed by atoms with Crippen molar-refractivity contribution in [2.45, 2.75) is 46.1 Å². The van der Waals surface area contributed by atoms with Crippen molar-refractivity contribution in [2.75, 3.05) is 0 Å². The monoisotopic (exact) mass is 196 g/mol. The molecule has 1 rings (SSSR count). The minimum atomic E-state index is -0.0289. The molecule has 1 nitrogen and oxygen atoms in total. The van der Waals surface area contributed by atoms with Crippen molar-refractivity contribution >= 4 is 51.4 Å². The van der Waals surface area contributed by atoms with E-state index in [2.05, 4.69) is 20.8 Å². The standard InChI is InChI=1S/C10H20O.K.H/c1-7(2)9-5-4-8(3)6-10(9)11;;/h7-11H,4-6H2,1-3H3;;/t8-,9+,10-;;/m1../s1. The van der Waals surface area contributed by atoms with Crippen molar-refractivity contribution < 1.29 is 5.11 Å². The summed E-state index contributed by atoms with van der Waals surface area (Å²) in [5.74, 6) is 1.95. The molecule has 1 N–H and O–H groups in total. The molecule has 2 heteroatoms. The molecule has 1 aliphatic rings. The molecule has 0 amide bonds. The third-order valence-corrected chi connectivity index (χ3v) is 2.99. The van der Waals surface area contributed by atoms with Crippen molar-refractivity contribution in [3.63, 3.8) is 0 Å². The van der Waals surface area contributed by atoms with Crippen LogP contribution in [0.1, 0.15) is 40.0 Å². The molecular weight excluding hydrogens is 175 g/mol. The summed E-state index contributed by atoms with van der Waals surface area (Å²) in [5.41, 5.74) is 0. The van der Waals surface area contributed by atoms with Crippen LogP contribution in [0.25, 0.3) is 0 Å². The quantitative estimate of drug-likeness (QED) is 0.634. The zero-order valence-electron chi connectivity index (χ0n) is 7.88. The first-order chi connectivity index (χ1) is 5.11. The average Bonchev–Trinajstić information content (AvgIpc) is 1.85. The van der Waals surface area contributed by atoms with Crippen molar-refractivity contribution in [2.24, 2.45) is 17.8 Å². The van der Waals surface area contributed by atoms with E-state index in [0.29, 0.717) is 11.8 Å². The van der Waals surface area contributed by atoms with E-state index in [1.807, 2.05) is 0 Å². The Hall–Kier alpha value is 1.60. The second-order valence-electron chi connectivity index (χ2n) is 4.39. The van der Waals surface area contributed by atoms with E-state index in [-0.39, 0.29) is 57.5 Å². The molecule has 3 atom stereocenters. The molecule has 0 spiro atoms. The Morgan fingerprint density at radius 3 is 2.25 bits per heavy atom. The van der Waals surface area contributed by atoms with E-state index in [1.165, 1.54) is 12.8 Å². The fraction of sp³-hybridized carbons (Fsp3) is 1.00. The van der Waals surface area contributed by atoms with Crippen LogP contribution in [0.15, 0.2) is 0 Å². The maximum absolute atomic E-state index is 9.71. The molecule has 0 saturated heterocycles. The van der Waals surface area contributed by atoms with E-state index in [0.717, 1.165) is 12.3 Å². The van der Waals surface area contributed by atoms with Crippen LogP contribution in [0, 0.1) is 17.8 Å². The molecule has 0 aromatic heterocycles. The Balaban J connectivity index is 0.00000121. The summed E-state index contributed by atoms with van der Waals surface area (Å²) in [7, 11) is 0. The first-order valence-corrected chi connectivity index (χ1v) is 4.79. The molecular formula is C10H21KO. The van der Waals surface area contributed by atoms with Gasteiger partial charge < -0.3 is 5.11 Å². The predicted octanol–water partition coefficient (Wildman–Crippen LogP) is 1.79. The van der Waals surface area contributed by atoms with E-state index >= 15 is 0 Å². The van der Waals surface area contributed by atoms with Gasteiger partial charge in [-0.3, -0.25) is 0 Å². The van der Waals surface area contributed by atoms with Crippen LogP contribution >= 0.6 is 0 Å². The van der Waals surface area contributed by atoms with Gasteiger partial charge in [0, 0.05) is 0 Å². The fourth-order valence-electron chi connectivity index (χ4n) is 2.15. The zero-order chi connectivity index (χ0) is 8.43. The number of hydrogen-bond donors (Lipinski definition) is 1. The first kappa shape index (κ1) is 13.6. The summed E-state index contributed by atoms with van der Waals surface area (Å²) in [6.07, 6.45) is 3.52. The van der Waals surface area contributed by atoms with Gasteiger partial charge in [0.25, 0.3) is 0 Å². The first-order valence-electron chi connectivity index (χ1n) is 4.79. The summed E-state index contributed by atoms with van der Waals surface area (Å²) >= 11 is 0. The van der Waals surface area contributed by atoms with Gasteiger partial charge in [-0.2, -0.15) is 0 Å². The fourth-order valence-corrected chi connectivity index (χ4v) is 2.15. The van der Waals surface area contributed by atoms with Crippen LogP contribution in [0.2, 0.25) is 0 Å². The van der Waals surface area contributed by atoms with Gasteiger partial charge in [-0.25, -0.2) is 0 Å². The Morgan fingerprint density at radius 2 is 1.83 bits per heavy atom. The van der Waals surface area contributed by atoms with Gasteiger partial charge in [-0.1, -0.05) is 27.2 Å². The van der Waals surface area contributed by atoms with Crippen molar-refractivity contribution in [1.82, 2.24) is 0 Å².